The molecular weight excluding hydrogens is 230 g/mol. The molecule has 2 N–H and O–H groups in total. The Bertz CT molecular complexity index is 399. The summed E-state index contributed by atoms with van der Waals surface area (Å²) >= 11 is 0. The summed E-state index contributed by atoms with van der Waals surface area (Å²) in [5.74, 6) is -6.28. The minimum absolute atomic E-state index is 0.109. The summed E-state index contributed by atoms with van der Waals surface area (Å²) < 4.78 is 26.1. The van der Waals surface area contributed by atoms with Gasteiger partial charge in [-0.3, -0.25) is 0 Å². The number of carbonyl (C=O) groups is 1. The zero-order valence-corrected chi connectivity index (χ0v) is 9.52. The number of aliphatic hydroxyl groups is 1. The highest BCUT2D eigenvalue weighted by Gasteiger charge is 2.47. The molecule has 0 saturated carbocycles. The Labute approximate surface area is 97.7 Å². The Morgan fingerprint density at radius 3 is 1.94 bits per heavy atom. The molecule has 1 rings (SSSR count). The van der Waals surface area contributed by atoms with E-state index < -0.39 is 18.0 Å². The van der Waals surface area contributed by atoms with E-state index in [1.807, 2.05) is 13.8 Å². The molecule has 0 fully saturated rings. The zero-order valence-electron chi connectivity index (χ0n) is 9.52. The van der Waals surface area contributed by atoms with E-state index in [-0.39, 0.29) is 11.5 Å². The van der Waals surface area contributed by atoms with Gasteiger partial charge in [-0.15, -0.1) is 0 Å². The van der Waals surface area contributed by atoms with E-state index in [1.54, 1.807) is 12.1 Å². The fourth-order valence-electron chi connectivity index (χ4n) is 1.39. The van der Waals surface area contributed by atoms with Crippen molar-refractivity contribution in [3.63, 3.8) is 0 Å². The topological polar surface area (TPSA) is 57.5 Å². The molecule has 1 unspecified atom stereocenters. The predicted molar refractivity (Wildman–Crippen MR) is 58.1 cm³/mol. The molecule has 1 aromatic rings. The number of carboxylic acid groups (broad SMARTS) is 1. The smallest absolute Gasteiger partial charge is 0.377 e. The molecule has 1 atom stereocenters. The molecular formula is C12H14F2O3. The summed E-state index contributed by atoms with van der Waals surface area (Å²) in [5, 5.41) is 17.6. The first kappa shape index (κ1) is 13.6. The van der Waals surface area contributed by atoms with Gasteiger partial charge in [0.2, 0.25) is 0 Å². The van der Waals surface area contributed by atoms with Crippen LogP contribution in [-0.4, -0.2) is 22.1 Å². The predicted octanol–water partition coefficient (Wildman–Crippen LogP) is 2.56. The molecule has 0 aromatic heterocycles. The van der Waals surface area contributed by atoms with Gasteiger partial charge >= 0.3 is 11.9 Å². The van der Waals surface area contributed by atoms with E-state index in [0.29, 0.717) is 0 Å². The third-order valence-corrected chi connectivity index (χ3v) is 2.55. The maximum Gasteiger partial charge on any atom is 0.377 e. The average molecular weight is 244 g/mol. The zero-order chi connectivity index (χ0) is 13.2. The van der Waals surface area contributed by atoms with Crippen molar-refractivity contribution in [2.75, 3.05) is 0 Å². The number of hydrogen-bond donors (Lipinski definition) is 2. The van der Waals surface area contributed by atoms with Gasteiger partial charge in [-0.2, -0.15) is 8.78 Å². The fraction of sp³-hybridized carbons (Fsp3) is 0.417. The number of rotatable bonds is 4. The molecule has 94 valence electrons. The quantitative estimate of drug-likeness (QED) is 0.855. The molecule has 0 aliphatic heterocycles. The maximum absolute atomic E-state index is 13.0. The number of benzene rings is 1. The van der Waals surface area contributed by atoms with Gasteiger partial charge in [0.25, 0.3) is 0 Å². The molecule has 0 radical (unpaired) electrons. The molecule has 5 heteroatoms. The van der Waals surface area contributed by atoms with Crippen LogP contribution >= 0.6 is 0 Å². The van der Waals surface area contributed by atoms with Crippen LogP contribution in [0, 0.1) is 0 Å². The molecule has 0 bridgehead atoms. The number of aliphatic carboxylic acids is 1. The first-order valence-electron chi connectivity index (χ1n) is 5.16. The average Bonchev–Trinajstić information content (AvgIpc) is 2.27. The van der Waals surface area contributed by atoms with Crippen LogP contribution in [0.1, 0.15) is 37.0 Å². The minimum atomic E-state index is -4.18. The normalized spacial score (nSPS) is 13.8. The summed E-state index contributed by atoms with van der Waals surface area (Å²) in [6.45, 7) is 3.88. The summed E-state index contributed by atoms with van der Waals surface area (Å²) in [6, 6.07) is 5.83. The number of halogens is 2. The van der Waals surface area contributed by atoms with Gasteiger partial charge in [0.15, 0.2) is 6.10 Å². The third-order valence-electron chi connectivity index (χ3n) is 2.55. The Kier molecular flexibility index (Phi) is 3.83. The van der Waals surface area contributed by atoms with Crippen molar-refractivity contribution in [3.05, 3.63) is 35.4 Å². The number of hydrogen-bond acceptors (Lipinski definition) is 2. The van der Waals surface area contributed by atoms with Crippen molar-refractivity contribution in [2.45, 2.75) is 31.8 Å². The lowest BCUT2D eigenvalue weighted by atomic mass is 9.98. The van der Waals surface area contributed by atoms with Crippen molar-refractivity contribution >= 4 is 5.97 Å². The fourth-order valence-corrected chi connectivity index (χ4v) is 1.39. The first-order valence-corrected chi connectivity index (χ1v) is 5.16. The Morgan fingerprint density at radius 1 is 1.18 bits per heavy atom. The highest BCUT2D eigenvalue weighted by Crippen LogP contribution is 2.32. The standard InChI is InChI=1S/C12H14F2O3/c1-7(2)8-3-5-9(6-4-8)10(15)12(13,14)11(16)17/h3-7,10,15H,1-2H3,(H,16,17). The molecule has 1 aromatic carbocycles. The van der Waals surface area contributed by atoms with Crippen molar-refractivity contribution in [1.29, 1.82) is 0 Å². The lowest BCUT2D eigenvalue weighted by Gasteiger charge is -2.19. The van der Waals surface area contributed by atoms with Crippen LogP contribution in [0.25, 0.3) is 0 Å². The van der Waals surface area contributed by atoms with Crippen molar-refractivity contribution in [3.8, 4) is 0 Å². The highest BCUT2D eigenvalue weighted by atomic mass is 19.3. The summed E-state index contributed by atoms with van der Waals surface area (Å²) in [5.41, 5.74) is 0.821. The lowest BCUT2D eigenvalue weighted by molar-refractivity contribution is -0.182. The number of alkyl halides is 2. The molecule has 0 amide bonds. The Hall–Kier alpha value is -1.49. The number of carboxylic acids is 1. The van der Waals surface area contributed by atoms with Gasteiger partial charge in [0.05, 0.1) is 0 Å². The molecule has 0 spiro atoms. The molecule has 17 heavy (non-hydrogen) atoms. The second kappa shape index (κ2) is 4.79. The van der Waals surface area contributed by atoms with Crippen LogP contribution in [0.4, 0.5) is 8.78 Å². The molecule has 0 aliphatic carbocycles. The molecule has 0 aliphatic rings. The summed E-state index contributed by atoms with van der Waals surface area (Å²) in [6.07, 6.45) is -2.33. The first-order chi connectivity index (χ1) is 7.76. The van der Waals surface area contributed by atoms with E-state index in [4.69, 9.17) is 5.11 Å². The Morgan fingerprint density at radius 2 is 1.59 bits per heavy atom. The van der Waals surface area contributed by atoms with E-state index >= 15 is 0 Å². The lowest BCUT2D eigenvalue weighted by Crippen LogP contribution is -2.35. The van der Waals surface area contributed by atoms with Crippen LogP contribution < -0.4 is 0 Å². The van der Waals surface area contributed by atoms with E-state index in [1.165, 1.54) is 12.1 Å². The van der Waals surface area contributed by atoms with Crippen molar-refractivity contribution in [1.82, 2.24) is 0 Å². The van der Waals surface area contributed by atoms with Crippen LogP contribution in [0.5, 0.6) is 0 Å². The van der Waals surface area contributed by atoms with Crippen LogP contribution in [-0.2, 0) is 4.79 Å². The second-order valence-corrected chi connectivity index (χ2v) is 4.15. The maximum atomic E-state index is 13.0. The highest BCUT2D eigenvalue weighted by molar-refractivity contribution is 5.76. The monoisotopic (exact) mass is 244 g/mol. The van der Waals surface area contributed by atoms with Crippen molar-refractivity contribution < 1.29 is 23.8 Å². The molecule has 0 heterocycles. The van der Waals surface area contributed by atoms with Gasteiger partial charge < -0.3 is 10.2 Å². The molecule has 3 nitrogen and oxygen atoms in total. The SMILES string of the molecule is CC(C)c1ccc(C(O)C(F)(F)C(=O)O)cc1. The van der Waals surface area contributed by atoms with E-state index in [9.17, 15) is 18.7 Å². The largest absolute Gasteiger partial charge is 0.477 e. The van der Waals surface area contributed by atoms with E-state index in [0.717, 1.165) is 5.56 Å². The van der Waals surface area contributed by atoms with Crippen LogP contribution in [0.15, 0.2) is 24.3 Å². The van der Waals surface area contributed by atoms with Gasteiger partial charge in [-0.05, 0) is 17.0 Å². The second-order valence-electron chi connectivity index (χ2n) is 4.15. The molecule has 0 saturated heterocycles. The van der Waals surface area contributed by atoms with Gasteiger partial charge in [0.1, 0.15) is 0 Å². The minimum Gasteiger partial charge on any atom is -0.477 e. The summed E-state index contributed by atoms with van der Waals surface area (Å²) in [7, 11) is 0. The van der Waals surface area contributed by atoms with E-state index in [2.05, 4.69) is 0 Å². The van der Waals surface area contributed by atoms with Crippen LogP contribution in [0.3, 0.4) is 0 Å². The van der Waals surface area contributed by atoms with Crippen LogP contribution in [0.2, 0.25) is 0 Å². The summed E-state index contributed by atoms with van der Waals surface area (Å²) in [4.78, 5) is 10.3. The van der Waals surface area contributed by atoms with Crippen molar-refractivity contribution in [2.24, 2.45) is 0 Å². The van der Waals surface area contributed by atoms with Gasteiger partial charge in [-0.1, -0.05) is 38.1 Å². The number of aliphatic hydroxyl groups excluding tert-OH is 1. The van der Waals surface area contributed by atoms with Gasteiger partial charge in [-0.25, -0.2) is 4.79 Å². The third kappa shape index (κ3) is 2.79. The van der Waals surface area contributed by atoms with Gasteiger partial charge in [0, 0.05) is 0 Å². The Balaban J connectivity index is 2.98.